The molecule has 3 rings (SSSR count). The summed E-state index contributed by atoms with van der Waals surface area (Å²) in [6.45, 7) is 4.99. The van der Waals surface area contributed by atoms with Gasteiger partial charge in [0, 0.05) is 17.1 Å². The maximum absolute atomic E-state index is 5.65. The zero-order chi connectivity index (χ0) is 14.1. The van der Waals surface area contributed by atoms with E-state index in [-0.39, 0.29) is 0 Å². The third-order valence-corrected chi connectivity index (χ3v) is 4.02. The number of fused-ring (bicyclic) bond motifs is 1. The molecule has 2 heteroatoms. The normalized spacial score (nSPS) is 11.2. The Balaban J connectivity index is 2.06. The molecule has 2 nitrogen and oxygen atoms in total. The van der Waals surface area contributed by atoms with Crippen LogP contribution < -0.4 is 5.73 Å². The topological polar surface area (TPSA) is 41.8 Å². The Labute approximate surface area is 119 Å². The number of aromatic nitrogens is 1. The molecular weight excluding hydrogens is 244 g/mol. The van der Waals surface area contributed by atoms with E-state index in [1.54, 1.807) is 0 Å². The molecular formula is C18H20N2. The van der Waals surface area contributed by atoms with E-state index in [9.17, 15) is 0 Å². The van der Waals surface area contributed by atoms with Crippen molar-refractivity contribution < 1.29 is 0 Å². The Morgan fingerprint density at radius 3 is 2.45 bits per heavy atom. The fourth-order valence-corrected chi connectivity index (χ4v) is 2.65. The smallest absolute Gasteiger partial charge is 0.0463 e. The van der Waals surface area contributed by atoms with Crippen LogP contribution in [0.3, 0.4) is 0 Å². The lowest BCUT2D eigenvalue weighted by Crippen LogP contribution is -2.01. The fraction of sp³-hybridized carbons (Fsp3) is 0.222. The molecule has 0 fully saturated rings. The van der Waals surface area contributed by atoms with Crippen LogP contribution in [0.25, 0.3) is 22.0 Å². The summed E-state index contributed by atoms with van der Waals surface area (Å²) in [5.41, 5.74) is 13.3. The van der Waals surface area contributed by atoms with E-state index >= 15 is 0 Å². The first-order chi connectivity index (χ1) is 9.69. The second-order valence-corrected chi connectivity index (χ2v) is 5.41. The van der Waals surface area contributed by atoms with E-state index in [1.807, 2.05) is 0 Å². The Morgan fingerprint density at radius 2 is 1.70 bits per heavy atom. The van der Waals surface area contributed by atoms with Crippen LogP contribution in [0.15, 0.2) is 42.6 Å². The number of aryl methyl sites for hydroxylation is 2. The summed E-state index contributed by atoms with van der Waals surface area (Å²) in [6.07, 6.45) is 2.99. The van der Waals surface area contributed by atoms with E-state index < -0.39 is 0 Å². The Bertz CT molecular complexity index is 753. The van der Waals surface area contributed by atoms with Gasteiger partial charge in [0.05, 0.1) is 0 Å². The van der Waals surface area contributed by atoms with Crippen molar-refractivity contribution in [1.29, 1.82) is 0 Å². The minimum absolute atomic E-state index is 0.686. The van der Waals surface area contributed by atoms with Gasteiger partial charge in [0.25, 0.3) is 0 Å². The van der Waals surface area contributed by atoms with Gasteiger partial charge in [0.2, 0.25) is 0 Å². The van der Waals surface area contributed by atoms with Crippen LogP contribution in [0.4, 0.5) is 0 Å². The number of aromatic amines is 1. The highest BCUT2D eigenvalue weighted by Gasteiger charge is 2.05. The zero-order valence-corrected chi connectivity index (χ0v) is 12.0. The van der Waals surface area contributed by atoms with E-state index in [0.717, 1.165) is 6.42 Å². The molecule has 0 atom stereocenters. The molecule has 0 aliphatic rings. The number of nitrogens with two attached hydrogens (primary N) is 1. The summed E-state index contributed by atoms with van der Waals surface area (Å²) in [6, 6.07) is 13.2. The molecule has 0 aliphatic carbocycles. The number of rotatable bonds is 3. The van der Waals surface area contributed by atoms with Crippen LogP contribution in [0.5, 0.6) is 0 Å². The Morgan fingerprint density at radius 1 is 0.950 bits per heavy atom. The molecule has 0 saturated heterocycles. The van der Waals surface area contributed by atoms with E-state index in [2.05, 4.69) is 61.4 Å². The van der Waals surface area contributed by atoms with Gasteiger partial charge in [-0.05, 0) is 60.7 Å². The first kappa shape index (κ1) is 12.9. The number of hydrogen-bond donors (Lipinski definition) is 2. The van der Waals surface area contributed by atoms with Gasteiger partial charge >= 0.3 is 0 Å². The fourth-order valence-electron chi connectivity index (χ4n) is 2.65. The van der Waals surface area contributed by atoms with E-state index in [0.29, 0.717) is 6.54 Å². The lowest BCUT2D eigenvalue weighted by atomic mass is 9.99. The van der Waals surface area contributed by atoms with Gasteiger partial charge in [-0.1, -0.05) is 30.3 Å². The third kappa shape index (κ3) is 2.23. The van der Waals surface area contributed by atoms with Crippen LogP contribution in [-0.2, 0) is 6.42 Å². The summed E-state index contributed by atoms with van der Waals surface area (Å²) in [5.74, 6) is 0. The van der Waals surface area contributed by atoms with Gasteiger partial charge in [0.15, 0.2) is 0 Å². The van der Waals surface area contributed by atoms with E-state index in [4.69, 9.17) is 5.73 Å². The third-order valence-electron chi connectivity index (χ3n) is 4.02. The standard InChI is InChI=1S/C18H20N2/c1-12-3-4-14(9-13(12)2)15-5-6-17-16(7-8-19)11-20-18(17)10-15/h3-6,9-11,20H,7-8,19H2,1-2H3. The zero-order valence-electron chi connectivity index (χ0n) is 12.0. The molecule has 3 N–H and O–H groups in total. The second kappa shape index (κ2) is 5.14. The lowest BCUT2D eigenvalue weighted by Gasteiger charge is -2.06. The highest BCUT2D eigenvalue weighted by atomic mass is 14.7. The summed E-state index contributed by atoms with van der Waals surface area (Å²) < 4.78 is 0. The number of nitrogens with one attached hydrogen (secondary N) is 1. The first-order valence-electron chi connectivity index (χ1n) is 7.07. The highest BCUT2D eigenvalue weighted by Crippen LogP contribution is 2.27. The van der Waals surface area contributed by atoms with Crippen LogP contribution in [0.2, 0.25) is 0 Å². The van der Waals surface area contributed by atoms with Crippen molar-refractivity contribution >= 4 is 10.9 Å². The quantitative estimate of drug-likeness (QED) is 0.739. The largest absolute Gasteiger partial charge is 0.361 e. The van der Waals surface area contributed by atoms with Gasteiger partial charge in [-0.2, -0.15) is 0 Å². The number of hydrogen-bond acceptors (Lipinski definition) is 1. The Kier molecular flexibility index (Phi) is 3.33. The molecule has 0 radical (unpaired) electrons. The second-order valence-electron chi connectivity index (χ2n) is 5.41. The molecule has 2 aromatic carbocycles. The van der Waals surface area contributed by atoms with Crippen molar-refractivity contribution in [2.75, 3.05) is 6.54 Å². The van der Waals surface area contributed by atoms with Crippen molar-refractivity contribution in [3.8, 4) is 11.1 Å². The summed E-state index contributed by atoms with van der Waals surface area (Å²) in [5, 5.41) is 1.28. The van der Waals surface area contributed by atoms with Crippen molar-refractivity contribution in [1.82, 2.24) is 4.98 Å². The van der Waals surface area contributed by atoms with Gasteiger partial charge < -0.3 is 10.7 Å². The lowest BCUT2D eigenvalue weighted by molar-refractivity contribution is 0.976. The molecule has 0 spiro atoms. The summed E-state index contributed by atoms with van der Waals surface area (Å²) in [7, 11) is 0. The molecule has 102 valence electrons. The molecule has 0 bridgehead atoms. The predicted molar refractivity (Wildman–Crippen MR) is 86.0 cm³/mol. The van der Waals surface area contributed by atoms with Crippen molar-refractivity contribution in [3.63, 3.8) is 0 Å². The summed E-state index contributed by atoms with van der Waals surface area (Å²) >= 11 is 0. The van der Waals surface area contributed by atoms with Crippen molar-refractivity contribution in [3.05, 3.63) is 59.3 Å². The Hall–Kier alpha value is -2.06. The monoisotopic (exact) mass is 264 g/mol. The molecule has 0 aliphatic heterocycles. The van der Waals surface area contributed by atoms with Crippen LogP contribution in [0, 0.1) is 13.8 Å². The molecule has 20 heavy (non-hydrogen) atoms. The van der Waals surface area contributed by atoms with Crippen molar-refractivity contribution in [2.24, 2.45) is 5.73 Å². The SMILES string of the molecule is Cc1ccc(-c2ccc3c(CCN)c[nH]c3c2)cc1C. The summed E-state index contributed by atoms with van der Waals surface area (Å²) in [4.78, 5) is 3.35. The highest BCUT2D eigenvalue weighted by molar-refractivity contribution is 5.87. The predicted octanol–water partition coefficient (Wildman–Crippen LogP) is 3.95. The van der Waals surface area contributed by atoms with Gasteiger partial charge in [-0.25, -0.2) is 0 Å². The van der Waals surface area contributed by atoms with Gasteiger partial charge in [-0.3, -0.25) is 0 Å². The van der Waals surface area contributed by atoms with Gasteiger partial charge in [0.1, 0.15) is 0 Å². The van der Waals surface area contributed by atoms with Crippen molar-refractivity contribution in [2.45, 2.75) is 20.3 Å². The van der Waals surface area contributed by atoms with Crippen LogP contribution in [-0.4, -0.2) is 11.5 Å². The number of H-pyrrole nitrogens is 1. The van der Waals surface area contributed by atoms with Crippen LogP contribution >= 0.6 is 0 Å². The minimum Gasteiger partial charge on any atom is -0.361 e. The van der Waals surface area contributed by atoms with Gasteiger partial charge in [-0.15, -0.1) is 0 Å². The molecule has 1 heterocycles. The molecule has 3 aromatic rings. The average molecular weight is 264 g/mol. The molecule has 0 saturated carbocycles. The average Bonchev–Trinajstić information content (AvgIpc) is 2.85. The van der Waals surface area contributed by atoms with Crippen LogP contribution in [0.1, 0.15) is 16.7 Å². The molecule has 0 unspecified atom stereocenters. The minimum atomic E-state index is 0.686. The molecule has 0 amide bonds. The molecule has 1 aromatic heterocycles. The maximum Gasteiger partial charge on any atom is 0.0463 e. The maximum atomic E-state index is 5.65. The van der Waals surface area contributed by atoms with E-state index in [1.165, 1.54) is 38.7 Å². The number of benzene rings is 2. The first-order valence-corrected chi connectivity index (χ1v) is 7.07.